The summed E-state index contributed by atoms with van der Waals surface area (Å²) in [6.45, 7) is 9.18. The highest BCUT2D eigenvalue weighted by atomic mass is 16.3. The number of rotatable bonds is 2. The predicted molar refractivity (Wildman–Crippen MR) is 78.5 cm³/mol. The maximum Gasteiger partial charge on any atom is 0.222 e. The summed E-state index contributed by atoms with van der Waals surface area (Å²) >= 11 is 0. The Bertz CT molecular complexity index is 382. The molecule has 1 aromatic rings. The number of hydrogen-bond donors (Lipinski definition) is 1. The minimum atomic E-state index is 0.232. The fraction of sp³-hybridized carbons (Fsp3) is 0.533. The third kappa shape index (κ3) is 4.16. The molecule has 1 aliphatic rings. The molecule has 0 aliphatic carbocycles. The lowest BCUT2D eigenvalue weighted by molar-refractivity contribution is -0.131. The van der Waals surface area contributed by atoms with Gasteiger partial charge in [0.25, 0.3) is 0 Å². The van der Waals surface area contributed by atoms with Crippen molar-refractivity contribution in [3.63, 3.8) is 0 Å². The second-order valence-electron chi connectivity index (χ2n) is 4.24. The number of carbonyl (C=O) groups excluding carboxylic acids is 1. The number of phenols is 1. The number of nitrogens with zero attached hydrogens (tertiary/aromatic N) is 2. The molecule has 19 heavy (non-hydrogen) atoms. The highest BCUT2D eigenvalue weighted by Gasteiger charge is 2.19. The molecule has 1 N–H and O–H groups in total. The minimum absolute atomic E-state index is 0.232. The van der Waals surface area contributed by atoms with Crippen LogP contribution in [0.3, 0.4) is 0 Å². The van der Waals surface area contributed by atoms with E-state index in [0.29, 0.717) is 6.42 Å². The fourth-order valence-corrected chi connectivity index (χ4v) is 2.10. The van der Waals surface area contributed by atoms with Crippen molar-refractivity contribution in [3.05, 3.63) is 24.3 Å². The number of aromatic hydroxyl groups is 1. The number of carbonyl (C=O) groups is 1. The maximum absolute atomic E-state index is 11.5. The Morgan fingerprint density at radius 1 is 1.11 bits per heavy atom. The number of amides is 1. The van der Waals surface area contributed by atoms with Gasteiger partial charge in [0.2, 0.25) is 5.91 Å². The van der Waals surface area contributed by atoms with Crippen molar-refractivity contribution in [2.24, 2.45) is 0 Å². The third-order valence-corrected chi connectivity index (χ3v) is 3.15. The van der Waals surface area contributed by atoms with Crippen molar-refractivity contribution in [1.29, 1.82) is 0 Å². The van der Waals surface area contributed by atoms with Crippen molar-refractivity contribution >= 4 is 11.6 Å². The molecule has 0 aromatic heterocycles. The van der Waals surface area contributed by atoms with Crippen molar-refractivity contribution in [1.82, 2.24) is 4.90 Å². The molecule has 1 fully saturated rings. The summed E-state index contributed by atoms with van der Waals surface area (Å²) < 4.78 is 0. The lowest BCUT2D eigenvalue weighted by Gasteiger charge is -2.36. The lowest BCUT2D eigenvalue weighted by atomic mass is 10.2. The molecule has 0 atom stereocenters. The summed E-state index contributed by atoms with van der Waals surface area (Å²) in [7, 11) is 0. The van der Waals surface area contributed by atoms with Gasteiger partial charge in [0.05, 0.1) is 0 Å². The van der Waals surface area contributed by atoms with E-state index >= 15 is 0 Å². The van der Waals surface area contributed by atoms with Crippen LogP contribution in [0.15, 0.2) is 24.3 Å². The summed E-state index contributed by atoms with van der Waals surface area (Å²) in [6, 6.07) is 7.21. The Morgan fingerprint density at radius 3 is 2.11 bits per heavy atom. The normalized spacial score (nSPS) is 14.7. The molecule has 106 valence electrons. The molecule has 1 aliphatic heterocycles. The monoisotopic (exact) mass is 264 g/mol. The summed E-state index contributed by atoms with van der Waals surface area (Å²) in [5, 5.41) is 9.23. The van der Waals surface area contributed by atoms with Crippen LogP contribution in [0.2, 0.25) is 0 Å². The van der Waals surface area contributed by atoms with E-state index in [9.17, 15) is 9.90 Å². The highest BCUT2D eigenvalue weighted by Crippen LogP contribution is 2.19. The largest absolute Gasteiger partial charge is 0.508 e. The Kier molecular flexibility index (Phi) is 6.19. The minimum Gasteiger partial charge on any atom is -0.508 e. The number of anilines is 1. The van der Waals surface area contributed by atoms with Crippen LogP contribution in [0.4, 0.5) is 5.69 Å². The predicted octanol–water partition coefficient (Wildman–Crippen LogP) is 2.48. The van der Waals surface area contributed by atoms with Crippen molar-refractivity contribution < 1.29 is 9.90 Å². The SMILES string of the molecule is CC.CCC(=O)N1CCN(c2ccc(O)cc2)CC1. The van der Waals surface area contributed by atoms with E-state index in [1.54, 1.807) is 12.1 Å². The van der Waals surface area contributed by atoms with Gasteiger partial charge in [-0.3, -0.25) is 4.79 Å². The van der Waals surface area contributed by atoms with Gasteiger partial charge in [0.15, 0.2) is 0 Å². The molecule has 1 amide bonds. The molecule has 0 spiro atoms. The van der Waals surface area contributed by atoms with Crippen LogP contribution in [-0.4, -0.2) is 42.1 Å². The first-order valence-corrected chi connectivity index (χ1v) is 7.02. The summed E-state index contributed by atoms with van der Waals surface area (Å²) in [6.07, 6.45) is 0.583. The zero-order valence-electron chi connectivity index (χ0n) is 12.1. The molecule has 1 aromatic carbocycles. The van der Waals surface area contributed by atoms with Gasteiger partial charge < -0.3 is 14.9 Å². The van der Waals surface area contributed by atoms with E-state index in [4.69, 9.17) is 0 Å². The van der Waals surface area contributed by atoms with E-state index < -0.39 is 0 Å². The molecule has 4 heteroatoms. The summed E-state index contributed by atoms with van der Waals surface area (Å²) in [4.78, 5) is 15.7. The Labute approximate surface area is 115 Å². The zero-order valence-corrected chi connectivity index (χ0v) is 12.1. The molecular weight excluding hydrogens is 240 g/mol. The molecule has 1 saturated heterocycles. The Hall–Kier alpha value is -1.71. The standard InChI is InChI=1S/C13H18N2O2.C2H6/c1-2-13(17)15-9-7-14(8-10-15)11-3-5-12(16)6-4-11;1-2/h3-6,16H,2,7-10H2,1H3;1-2H3. The Morgan fingerprint density at radius 2 is 1.63 bits per heavy atom. The van der Waals surface area contributed by atoms with Crippen molar-refractivity contribution in [2.75, 3.05) is 31.1 Å². The smallest absolute Gasteiger partial charge is 0.222 e. The van der Waals surface area contributed by atoms with Crippen molar-refractivity contribution in [2.45, 2.75) is 27.2 Å². The van der Waals surface area contributed by atoms with Crippen LogP contribution >= 0.6 is 0 Å². The number of piperazine rings is 1. The first-order chi connectivity index (χ1) is 9.20. The molecule has 0 radical (unpaired) electrons. The van der Waals surface area contributed by atoms with Gasteiger partial charge in [-0.05, 0) is 24.3 Å². The zero-order chi connectivity index (χ0) is 14.3. The topological polar surface area (TPSA) is 43.8 Å². The number of phenolic OH excluding ortho intramolecular Hbond substituents is 1. The van der Waals surface area contributed by atoms with Crippen LogP contribution < -0.4 is 4.90 Å². The quantitative estimate of drug-likeness (QED) is 0.892. The molecule has 1 heterocycles. The fourth-order valence-electron chi connectivity index (χ4n) is 2.10. The van der Waals surface area contributed by atoms with Gasteiger partial charge in [0.1, 0.15) is 5.75 Å². The third-order valence-electron chi connectivity index (χ3n) is 3.15. The first kappa shape index (κ1) is 15.3. The van der Waals surface area contributed by atoms with Gasteiger partial charge in [-0.1, -0.05) is 20.8 Å². The van der Waals surface area contributed by atoms with E-state index in [1.807, 2.05) is 37.8 Å². The van der Waals surface area contributed by atoms with E-state index in [0.717, 1.165) is 31.9 Å². The van der Waals surface area contributed by atoms with E-state index in [2.05, 4.69) is 4.90 Å². The van der Waals surface area contributed by atoms with Crippen LogP contribution in [0, 0.1) is 0 Å². The number of hydrogen-bond acceptors (Lipinski definition) is 3. The van der Waals surface area contributed by atoms with Crippen LogP contribution in [-0.2, 0) is 4.79 Å². The molecule has 2 rings (SSSR count). The average Bonchev–Trinajstić information content (AvgIpc) is 2.49. The first-order valence-electron chi connectivity index (χ1n) is 7.02. The average molecular weight is 264 g/mol. The highest BCUT2D eigenvalue weighted by molar-refractivity contribution is 5.76. The van der Waals surface area contributed by atoms with Crippen LogP contribution in [0.25, 0.3) is 0 Å². The molecular formula is C15H24N2O2. The van der Waals surface area contributed by atoms with Gasteiger partial charge in [0, 0.05) is 38.3 Å². The van der Waals surface area contributed by atoms with E-state index in [-0.39, 0.29) is 11.7 Å². The molecule has 0 saturated carbocycles. The van der Waals surface area contributed by atoms with Gasteiger partial charge >= 0.3 is 0 Å². The maximum atomic E-state index is 11.5. The molecule has 0 bridgehead atoms. The van der Waals surface area contributed by atoms with Crippen LogP contribution in [0.1, 0.15) is 27.2 Å². The van der Waals surface area contributed by atoms with Crippen LogP contribution in [0.5, 0.6) is 5.75 Å². The summed E-state index contributed by atoms with van der Waals surface area (Å²) in [5.41, 5.74) is 1.10. The van der Waals surface area contributed by atoms with Gasteiger partial charge in [-0.15, -0.1) is 0 Å². The molecule has 0 unspecified atom stereocenters. The second kappa shape index (κ2) is 7.67. The molecule has 4 nitrogen and oxygen atoms in total. The van der Waals surface area contributed by atoms with Gasteiger partial charge in [-0.2, -0.15) is 0 Å². The van der Waals surface area contributed by atoms with Crippen molar-refractivity contribution in [3.8, 4) is 5.75 Å². The number of benzene rings is 1. The van der Waals surface area contributed by atoms with E-state index in [1.165, 1.54) is 0 Å². The second-order valence-corrected chi connectivity index (χ2v) is 4.24. The lowest BCUT2D eigenvalue weighted by Crippen LogP contribution is -2.48. The summed E-state index contributed by atoms with van der Waals surface area (Å²) in [5.74, 6) is 0.518. The van der Waals surface area contributed by atoms with Gasteiger partial charge in [-0.25, -0.2) is 0 Å². The Balaban J connectivity index is 0.000000861.